The van der Waals surface area contributed by atoms with Crippen LogP contribution in [-0.4, -0.2) is 12.1 Å². The Bertz CT molecular complexity index is 783. The van der Waals surface area contributed by atoms with Crippen LogP contribution in [0, 0.1) is 0 Å². The molecule has 106 valence electrons. The topological polar surface area (TPSA) is 48.1 Å². The second-order valence-electron chi connectivity index (χ2n) is 4.78. The highest BCUT2D eigenvalue weighted by Crippen LogP contribution is 2.32. The van der Waals surface area contributed by atoms with Crippen LogP contribution in [0.4, 0.5) is 0 Å². The fourth-order valence-electron chi connectivity index (χ4n) is 2.45. The van der Waals surface area contributed by atoms with E-state index in [-0.39, 0.29) is 6.04 Å². The molecule has 0 bridgehead atoms. The fraction of sp³-hybridized carbons (Fsp3) is 0.118. The quantitative estimate of drug-likeness (QED) is 0.780. The molecule has 1 unspecified atom stereocenters. The monoisotopic (exact) mass is 342 g/mol. The van der Waals surface area contributed by atoms with Gasteiger partial charge in [0.25, 0.3) is 0 Å². The van der Waals surface area contributed by atoms with Gasteiger partial charge in [-0.2, -0.15) is 0 Å². The molecule has 3 rings (SSSR count). The van der Waals surface area contributed by atoms with Gasteiger partial charge in [0, 0.05) is 16.1 Å². The molecule has 0 radical (unpaired) electrons. The lowest BCUT2D eigenvalue weighted by Crippen LogP contribution is -2.13. The van der Waals surface area contributed by atoms with Gasteiger partial charge in [-0.25, -0.2) is 0 Å². The predicted octanol–water partition coefficient (Wildman–Crippen LogP) is 4.05. The number of hydrogen-bond donors (Lipinski definition) is 1. The minimum atomic E-state index is -0.248. The van der Waals surface area contributed by atoms with Crippen LogP contribution in [0.1, 0.15) is 17.2 Å². The van der Waals surface area contributed by atoms with E-state index in [1.54, 1.807) is 13.3 Å². The summed E-state index contributed by atoms with van der Waals surface area (Å²) in [5.74, 6) is 0.794. The molecule has 0 aliphatic heterocycles. The number of benzene rings is 2. The number of fused-ring (bicyclic) bond motifs is 1. The average Bonchev–Trinajstić information content (AvgIpc) is 2.54. The van der Waals surface area contributed by atoms with E-state index in [0.717, 1.165) is 32.3 Å². The van der Waals surface area contributed by atoms with Gasteiger partial charge in [-0.1, -0.05) is 34.1 Å². The van der Waals surface area contributed by atoms with E-state index < -0.39 is 0 Å². The summed E-state index contributed by atoms with van der Waals surface area (Å²) in [4.78, 5) is 4.38. The molecule has 0 amide bonds. The third kappa shape index (κ3) is 2.64. The number of methoxy groups -OCH3 is 1. The summed E-state index contributed by atoms with van der Waals surface area (Å²) in [6.45, 7) is 0. The smallest absolute Gasteiger partial charge is 0.119 e. The average molecular weight is 343 g/mol. The van der Waals surface area contributed by atoms with Crippen LogP contribution >= 0.6 is 15.9 Å². The van der Waals surface area contributed by atoms with Crippen LogP contribution in [0.15, 0.2) is 59.2 Å². The predicted molar refractivity (Wildman–Crippen MR) is 88.5 cm³/mol. The number of nitrogens with zero attached hydrogens (tertiary/aromatic N) is 1. The van der Waals surface area contributed by atoms with Crippen molar-refractivity contribution in [2.45, 2.75) is 6.04 Å². The largest absolute Gasteiger partial charge is 0.497 e. The zero-order chi connectivity index (χ0) is 14.8. The van der Waals surface area contributed by atoms with Crippen LogP contribution in [0.3, 0.4) is 0 Å². The third-order valence-electron chi connectivity index (χ3n) is 3.55. The number of halogens is 1. The first-order valence-corrected chi connectivity index (χ1v) is 7.42. The molecule has 0 spiro atoms. The molecule has 0 aliphatic rings. The van der Waals surface area contributed by atoms with E-state index in [4.69, 9.17) is 10.5 Å². The lowest BCUT2D eigenvalue weighted by Gasteiger charge is -2.17. The summed E-state index contributed by atoms with van der Waals surface area (Å²) in [6, 6.07) is 15.6. The van der Waals surface area contributed by atoms with Crippen molar-refractivity contribution >= 4 is 26.8 Å². The van der Waals surface area contributed by atoms with Crippen LogP contribution in [0.2, 0.25) is 0 Å². The number of aromatic nitrogens is 1. The van der Waals surface area contributed by atoms with Crippen LogP contribution in [0.5, 0.6) is 5.75 Å². The van der Waals surface area contributed by atoms with Crippen LogP contribution < -0.4 is 10.5 Å². The standard InChI is InChI=1S/C17H15BrN2O/c1-21-11-7-8-15(18)14(10-11)17(19)13-4-2-6-16-12(13)5-3-9-20-16/h2-10,17H,19H2,1H3. The minimum absolute atomic E-state index is 0.248. The number of pyridine rings is 1. The summed E-state index contributed by atoms with van der Waals surface area (Å²) in [5, 5.41) is 1.07. The summed E-state index contributed by atoms with van der Waals surface area (Å²) >= 11 is 3.57. The molecule has 0 saturated carbocycles. The number of hydrogen-bond acceptors (Lipinski definition) is 3. The Kier molecular flexibility index (Phi) is 3.90. The summed E-state index contributed by atoms with van der Waals surface area (Å²) < 4.78 is 6.26. The van der Waals surface area contributed by atoms with Crippen molar-refractivity contribution in [3.05, 3.63) is 70.3 Å². The van der Waals surface area contributed by atoms with Crippen molar-refractivity contribution in [3.8, 4) is 5.75 Å². The van der Waals surface area contributed by atoms with Crippen molar-refractivity contribution in [2.75, 3.05) is 7.11 Å². The number of rotatable bonds is 3. The first-order chi connectivity index (χ1) is 10.2. The summed E-state index contributed by atoms with van der Waals surface area (Å²) in [5.41, 5.74) is 9.48. The van der Waals surface area contributed by atoms with E-state index in [1.165, 1.54) is 0 Å². The van der Waals surface area contributed by atoms with Crippen molar-refractivity contribution in [3.63, 3.8) is 0 Å². The van der Waals surface area contributed by atoms with Gasteiger partial charge in [-0.05, 0) is 41.5 Å². The van der Waals surface area contributed by atoms with Gasteiger partial charge in [0.15, 0.2) is 0 Å². The fourth-order valence-corrected chi connectivity index (χ4v) is 2.95. The SMILES string of the molecule is COc1ccc(Br)c(C(N)c2cccc3ncccc23)c1. The molecule has 0 saturated heterocycles. The molecule has 1 aromatic heterocycles. The first-order valence-electron chi connectivity index (χ1n) is 6.63. The van der Waals surface area contributed by atoms with E-state index in [0.29, 0.717) is 0 Å². The lowest BCUT2D eigenvalue weighted by atomic mass is 9.96. The highest BCUT2D eigenvalue weighted by molar-refractivity contribution is 9.10. The first kappa shape index (κ1) is 14.0. The van der Waals surface area contributed by atoms with Gasteiger partial charge in [-0.15, -0.1) is 0 Å². The van der Waals surface area contributed by atoms with Gasteiger partial charge in [0.2, 0.25) is 0 Å². The van der Waals surface area contributed by atoms with Gasteiger partial charge in [0.05, 0.1) is 18.7 Å². The Labute approximate surface area is 131 Å². The molecule has 2 aromatic carbocycles. The Morgan fingerprint density at radius 1 is 1.10 bits per heavy atom. The normalized spacial score (nSPS) is 12.3. The second-order valence-corrected chi connectivity index (χ2v) is 5.64. The molecular weight excluding hydrogens is 328 g/mol. The van der Waals surface area contributed by atoms with Gasteiger partial charge < -0.3 is 10.5 Å². The highest BCUT2D eigenvalue weighted by Gasteiger charge is 2.16. The van der Waals surface area contributed by atoms with Gasteiger partial charge >= 0.3 is 0 Å². The van der Waals surface area contributed by atoms with Gasteiger partial charge in [-0.3, -0.25) is 4.98 Å². The van der Waals surface area contributed by atoms with Gasteiger partial charge in [0.1, 0.15) is 5.75 Å². The van der Waals surface area contributed by atoms with Crippen molar-refractivity contribution < 1.29 is 4.74 Å². The molecule has 0 fully saturated rings. The second kappa shape index (κ2) is 5.84. The molecule has 4 heteroatoms. The van der Waals surface area contributed by atoms with E-state index in [9.17, 15) is 0 Å². The molecule has 1 heterocycles. The molecule has 0 aliphatic carbocycles. The minimum Gasteiger partial charge on any atom is -0.497 e. The van der Waals surface area contributed by atoms with Crippen molar-refractivity contribution in [2.24, 2.45) is 5.73 Å². The maximum absolute atomic E-state index is 6.49. The Morgan fingerprint density at radius 3 is 2.76 bits per heavy atom. The van der Waals surface area contributed by atoms with E-state index in [1.807, 2.05) is 48.5 Å². The molecule has 2 N–H and O–H groups in total. The number of ether oxygens (including phenoxy) is 1. The molecule has 1 atom stereocenters. The zero-order valence-electron chi connectivity index (χ0n) is 11.6. The molecule has 21 heavy (non-hydrogen) atoms. The molecular formula is C17H15BrN2O. The van der Waals surface area contributed by atoms with Crippen LogP contribution in [0.25, 0.3) is 10.9 Å². The Morgan fingerprint density at radius 2 is 1.95 bits per heavy atom. The van der Waals surface area contributed by atoms with E-state index in [2.05, 4.69) is 20.9 Å². The Hall–Kier alpha value is -1.91. The molecule has 3 aromatic rings. The van der Waals surface area contributed by atoms with Crippen molar-refractivity contribution in [1.82, 2.24) is 4.98 Å². The Balaban J connectivity index is 2.14. The maximum atomic E-state index is 6.49. The highest BCUT2D eigenvalue weighted by atomic mass is 79.9. The lowest BCUT2D eigenvalue weighted by molar-refractivity contribution is 0.414. The zero-order valence-corrected chi connectivity index (χ0v) is 13.2. The maximum Gasteiger partial charge on any atom is 0.119 e. The summed E-state index contributed by atoms with van der Waals surface area (Å²) in [7, 11) is 1.65. The number of nitrogens with two attached hydrogens (primary N) is 1. The third-order valence-corrected chi connectivity index (χ3v) is 4.27. The summed E-state index contributed by atoms with van der Waals surface area (Å²) in [6.07, 6.45) is 1.79. The van der Waals surface area contributed by atoms with Crippen LogP contribution in [-0.2, 0) is 0 Å². The van der Waals surface area contributed by atoms with Crippen molar-refractivity contribution in [1.29, 1.82) is 0 Å². The van der Waals surface area contributed by atoms with E-state index >= 15 is 0 Å². The molecule has 3 nitrogen and oxygen atoms in total.